The molecule has 0 bridgehead atoms. The molecule has 0 aromatic carbocycles. The molecule has 0 amide bonds. The first-order valence-corrected chi connectivity index (χ1v) is 4.50. The van der Waals surface area contributed by atoms with E-state index in [1.54, 1.807) is 18.6 Å². The van der Waals surface area contributed by atoms with Gasteiger partial charge in [0, 0.05) is 38.2 Å². The molecule has 2 heterocycles. The van der Waals surface area contributed by atoms with Crippen LogP contribution >= 0.6 is 0 Å². The minimum Gasteiger partial charge on any atom is -0.392 e. The van der Waals surface area contributed by atoms with Crippen LogP contribution in [0.3, 0.4) is 0 Å². The Hall–Kier alpha value is -1.00. The fourth-order valence-electron chi connectivity index (χ4n) is 1.60. The van der Waals surface area contributed by atoms with Gasteiger partial charge in [0.2, 0.25) is 0 Å². The van der Waals surface area contributed by atoms with Crippen LogP contribution in [-0.4, -0.2) is 39.2 Å². The first-order valence-electron chi connectivity index (χ1n) is 4.50. The predicted octanol–water partition coefficient (Wildman–Crippen LogP) is 0.0432. The topological polar surface area (TPSA) is 49.2 Å². The molecular weight excluding hydrogens is 166 g/mol. The number of aliphatic hydroxyl groups excluding tert-OH is 1. The van der Waals surface area contributed by atoms with Crippen LogP contribution in [0.5, 0.6) is 0 Å². The van der Waals surface area contributed by atoms with E-state index in [4.69, 9.17) is 0 Å². The van der Waals surface area contributed by atoms with Gasteiger partial charge in [0.05, 0.1) is 11.8 Å². The Labute approximate surface area is 77.2 Å². The summed E-state index contributed by atoms with van der Waals surface area (Å²) in [5.41, 5.74) is 0.969. The highest BCUT2D eigenvalue weighted by molar-refractivity contribution is 4.95. The summed E-state index contributed by atoms with van der Waals surface area (Å²) in [6.45, 7) is 2.51. The second-order valence-electron chi connectivity index (χ2n) is 3.37. The molecule has 1 aromatic rings. The van der Waals surface area contributed by atoms with Crippen molar-refractivity contribution in [3.8, 4) is 0 Å². The lowest BCUT2D eigenvalue weighted by molar-refractivity contribution is 0.174. The molecule has 1 aromatic heterocycles. The number of likely N-dealkylation sites (tertiary alicyclic amines) is 1. The van der Waals surface area contributed by atoms with Crippen molar-refractivity contribution in [1.82, 2.24) is 14.9 Å². The molecule has 1 saturated heterocycles. The van der Waals surface area contributed by atoms with Crippen LogP contribution in [0.15, 0.2) is 18.6 Å². The molecule has 0 saturated carbocycles. The van der Waals surface area contributed by atoms with Crippen LogP contribution in [-0.2, 0) is 6.54 Å². The monoisotopic (exact) mass is 179 g/mol. The largest absolute Gasteiger partial charge is 0.392 e. The van der Waals surface area contributed by atoms with Gasteiger partial charge in [0.15, 0.2) is 0 Å². The highest BCUT2D eigenvalue weighted by Crippen LogP contribution is 2.10. The van der Waals surface area contributed by atoms with Gasteiger partial charge in [-0.25, -0.2) is 0 Å². The smallest absolute Gasteiger partial charge is 0.0726 e. The van der Waals surface area contributed by atoms with E-state index in [0.29, 0.717) is 0 Å². The summed E-state index contributed by atoms with van der Waals surface area (Å²) >= 11 is 0. The first kappa shape index (κ1) is 8.59. The van der Waals surface area contributed by atoms with Crippen LogP contribution < -0.4 is 0 Å². The number of hydrogen-bond acceptors (Lipinski definition) is 4. The third-order valence-corrected chi connectivity index (χ3v) is 2.25. The van der Waals surface area contributed by atoms with E-state index in [1.807, 2.05) is 0 Å². The van der Waals surface area contributed by atoms with Gasteiger partial charge in [0.1, 0.15) is 0 Å². The molecule has 1 atom stereocenters. The zero-order valence-electron chi connectivity index (χ0n) is 7.43. The van der Waals surface area contributed by atoms with Crippen molar-refractivity contribution >= 4 is 0 Å². The summed E-state index contributed by atoms with van der Waals surface area (Å²) < 4.78 is 0. The minimum atomic E-state index is -0.156. The Balaban J connectivity index is 1.92. The van der Waals surface area contributed by atoms with Gasteiger partial charge < -0.3 is 5.11 Å². The summed E-state index contributed by atoms with van der Waals surface area (Å²) in [5.74, 6) is 0. The number of rotatable bonds is 2. The lowest BCUT2D eigenvalue weighted by Crippen LogP contribution is -2.22. The third kappa shape index (κ3) is 2.23. The summed E-state index contributed by atoms with van der Waals surface area (Å²) in [6.07, 6.45) is 5.85. The van der Waals surface area contributed by atoms with Crippen LogP contribution in [0, 0.1) is 0 Å². The summed E-state index contributed by atoms with van der Waals surface area (Å²) in [7, 11) is 0. The van der Waals surface area contributed by atoms with Gasteiger partial charge >= 0.3 is 0 Å². The van der Waals surface area contributed by atoms with Gasteiger partial charge in [-0.3, -0.25) is 14.9 Å². The SMILES string of the molecule is O[C@H]1CCN(Cc2cnccn2)C1. The van der Waals surface area contributed by atoms with E-state index in [1.165, 1.54) is 0 Å². The second kappa shape index (κ2) is 3.81. The molecular formula is C9H13N3O. The summed E-state index contributed by atoms with van der Waals surface area (Å²) in [4.78, 5) is 10.4. The summed E-state index contributed by atoms with van der Waals surface area (Å²) in [6, 6.07) is 0. The van der Waals surface area contributed by atoms with Crippen molar-refractivity contribution < 1.29 is 5.11 Å². The number of hydrogen-bond donors (Lipinski definition) is 1. The van der Waals surface area contributed by atoms with E-state index in [-0.39, 0.29) is 6.10 Å². The van der Waals surface area contributed by atoms with Crippen molar-refractivity contribution in [2.45, 2.75) is 19.1 Å². The maximum absolute atomic E-state index is 9.30. The third-order valence-electron chi connectivity index (χ3n) is 2.25. The van der Waals surface area contributed by atoms with Crippen LogP contribution in [0.2, 0.25) is 0 Å². The molecule has 1 aliphatic rings. The number of aliphatic hydroxyl groups is 1. The average molecular weight is 179 g/mol. The fourth-order valence-corrected chi connectivity index (χ4v) is 1.60. The quantitative estimate of drug-likeness (QED) is 0.696. The molecule has 2 rings (SSSR count). The molecule has 70 valence electrons. The Morgan fingerprint density at radius 1 is 1.54 bits per heavy atom. The number of β-amino-alcohol motifs (C(OH)–C–C–N with tert-alkyl or cyclic N) is 1. The molecule has 1 N–H and O–H groups in total. The Kier molecular flexibility index (Phi) is 2.52. The minimum absolute atomic E-state index is 0.156. The Morgan fingerprint density at radius 2 is 2.46 bits per heavy atom. The van der Waals surface area contributed by atoms with E-state index in [9.17, 15) is 5.11 Å². The Bertz CT molecular complexity index is 265. The van der Waals surface area contributed by atoms with E-state index < -0.39 is 0 Å². The second-order valence-corrected chi connectivity index (χ2v) is 3.37. The van der Waals surface area contributed by atoms with Gasteiger partial charge in [0.25, 0.3) is 0 Å². The lowest BCUT2D eigenvalue weighted by atomic mass is 10.3. The first-order chi connectivity index (χ1) is 6.34. The average Bonchev–Trinajstić information content (AvgIpc) is 2.53. The fraction of sp³-hybridized carbons (Fsp3) is 0.556. The maximum Gasteiger partial charge on any atom is 0.0726 e. The van der Waals surface area contributed by atoms with Crippen LogP contribution in [0.4, 0.5) is 0 Å². The molecule has 4 heteroatoms. The Morgan fingerprint density at radius 3 is 3.08 bits per heavy atom. The summed E-state index contributed by atoms with van der Waals surface area (Å²) in [5, 5.41) is 9.30. The van der Waals surface area contributed by atoms with Crippen molar-refractivity contribution in [3.63, 3.8) is 0 Å². The molecule has 0 spiro atoms. The molecule has 0 radical (unpaired) electrons. The van der Waals surface area contributed by atoms with Gasteiger partial charge in [-0.2, -0.15) is 0 Å². The van der Waals surface area contributed by atoms with E-state index >= 15 is 0 Å². The van der Waals surface area contributed by atoms with Crippen molar-refractivity contribution in [2.75, 3.05) is 13.1 Å². The zero-order chi connectivity index (χ0) is 9.10. The lowest BCUT2D eigenvalue weighted by Gasteiger charge is -2.13. The number of aromatic nitrogens is 2. The molecule has 0 aliphatic carbocycles. The highest BCUT2D eigenvalue weighted by atomic mass is 16.3. The van der Waals surface area contributed by atoms with E-state index in [0.717, 1.165) is 31.7 Å². The van der Waals surface area contributed by atoms with Gasteiger partial charge in [-0.15, -0.1) is 0 Å². The molecule has 1 aliphatic heterocycles. The molecule has 0 unspecified atom stereocenters. The van der Waals surface area contributed by atoms with E-state index in [2.05, 4.69) is 14.9 Å². The number of nitrogens with zero attached hydrogens (tertiary/aromatic N) is 3. The molecule has 1 fully saturated rings. The maximum atomic E-state index is 9.30. The van der Waals surface area contributed by atoms with Crippen molar-refractivity contribution in [3.05, 3.63) is 24.3 Å². The highest BCUT2D eigenvalue weighted by Gasteiger charge is 2.20. The zero-order valence-corrected chi connectivity index (χ0v) is 7.43. The predicted molar refractivity (Wildman–Crippen MR) is 47.9 cm³/mol. The molecule has 4 nitrogen and oxygen atoms in total. The van der Waals surface area contributed by atoms with Crippen molar-refractivity contribution in [1.29, 1.82) is 0 Å². The van der Waals surface area contributed by atoms with Crippen LogP contribution in [0.1, 0.15) is 12.1 Å². The van der Waals surface area contributed by atoms with Crippen molar-refractivity contribution in [2.24, 2.45) is 0 Å². The standard InChI is InChI=1S/C9H13N3O/c13-9-1-4-12(7-9)6-8-5-10-2-3-11-8/h2-3,5,9,13H,1,4,6-7H2/t9-/m0/s1. The van der Waals surface area contributed by atoms with Gasteiger partial charge in [-0.05, 0) is 6.42 Å². The van der Waals surface area contributed by atoms with Crippen LogP contribution in [0.25, 0.3) is 0 Å². The van der Waals surface area contributed by atoms with Gasteiger partial charge in [-0.1, -0.05) is 0 Å². The molecule has 13 heavy (non-hydrogen) atoms. The normalized spacial score (nSPS) is 23.6.